The first-order valence-corrected chi connectivity index (χ1v) is 15.4. The van der Waals surface area contributed by atoms with Crippen LogP contribution in [0.3, 0.4) is 0 Å². The Labute approximate surface area is 257 Å². The number of benzene rings is 1. The molecule has 1 saturated carbocycles. The average molecular weight is 606 g/mol. The van der Waals surface area contributed by atoms with E-state index in [0.29, 0.717) is 0 Å². The smallest absolute Gasteiger partial charge is 0.243 e. The van der Waals surface area contributed by atoms with Crippen molar-refractivity contribution < 1.29 is 28.8 Å². The highest BCUT2D eigenvalue weighted by molar-refractivity contribution is 6.18. The Balaban J connectivity index is 1.55. The highest BCUT2D eigenvalue weighted by atomic mass is 16.2. The molecule has 1 aromatic carbocycles. The standard InChI is InChI=1S/C33H43N5O6/c1-20(2)14-32(16-25(40)18-35-31(44)28(38-21(3)39)23-11-7-8-12-23)30(43)26(19-36-32)33(15-22-9-5-4-6-10-22)29(42)24(17-37-33)13-27(34)41/h4-6,9-10,17,19-20,23-24,26,28H,7-8,11-16,18H2,1-3H3,(H2,34,41)(H,35,44)(H,38,39)/t24?,26?,28-,32-,33-/m0/s1. The van der Waals surface area contributed by atoms with Gasteiger partial charge in [0.05, 0.1) is 18.4 Å². The maximum atomic E-state index is 14.4. The third kappa shape index (κ3) is 7.19. The van der Waals surface area contributed by atoms with E-state index in [9.17, 15) is 28.8 Å². The molecule has 2 unspecified atom stereocenters. The van der Waals surface area contributed by atoms with E-state index < -0.39 is 40.8 Å². The molecule has 4 N–H and O–H groups in total. The Kier molecular flexibility index (Phi) is 10.3. The molecular weight excluding hydrogens is 562 g/mol. The van der Waals surface area contributed by atoms with Gasteiger partial charge in [-0.05, 0) is 36.7 Å². The van der Waals surface area contributed by atoms with Crippen molar-refractivity contribution >= 4 is 47.5 Å². The van der Waals surface area contributed by atoms with Gasteiger partial charge in [-0.25, -0.2) is 0 Å². The van der Waals surface area contributed by atoms with Crippen LogP contribution < -0.4 is 16.4 Å². The Morgan fingerprint density at radius 2 is 1.68 bits per heavy atom. The maximum Gasteiger partial charge on any atom is 0.243 e. The summed E-state index contributed by atoms with van der Waals surface area (Å²) in [4.78, 5) is 87.4. The van der Waals surface area contributed by atoms with E-state index >= 15 is 0 Å². The highest BCUT2D eigenvalue weighted by Crippen LogP contribution is 2.43. The van der Waals surface area contributed by atoms with Gasteiger partial charge >= 0.3 is 0 Å². The minimum atomic E-state index is -1.52. The molecule has 0 bridgehead atoms. The molecule has 0 aromatic heterocycles. The number of carbonyl (C=O) groups is 6. The Hall–Kier alpha value is -4.02. The Bertz CT molecular complexity index is 1350. The van der Waals surface area contributed by atoms with Crippen LogP contribution in [0.4, 0.5) is 0 Å². The zero-order valence-electron chi connectivity index (χ0n) is 25.7. The van der Waals surface area contributed by atoms with Crippen LogP contribution in [-0.2, 0) is 35.2 Å². The van der Waals surface area contributed by atoms with Crippen LogP contribution in [0, 0.1) is 23.7 Å². The summed E-state index contributed by atoms with van der Waals surface area (Å²) in [7, 11) is 0. The minimum absolute atomic E-state index is 0.00625. The largest absolute Gasteiger partial charge is 0.370 e. The van der Waals surface area contributed by atoms with Crippen molar-refractivity contribution in [3.8, 4) is 0 Å². The van der Waals surface area contributed by atoms with Crippen LogP contribution in [0.2, 0.25) is 0 Å². The number of amides is 3. The molecule has 236 valence electrons. The number of nitrogens with zero attached hydrogens (tertiary/aromatic N) is 2. The number of nitrogens with one attached hydrogen (secondary N) is 2. The molecule has 2 aliphatic heterocycles. The molecule has 11 heteroatoms. The first kappa shape index (κ1) is 32.9. The lowest BCUT2D eigenvalue weighted by Crippen LogP contribution is -2.53. The van der Waals surface area contributed by atoms with E-state index in [1.54, 1.807) is 0 Å². The second kappa shape index (κ2) is 13.7. The lowest BCUT2D eigenvalue weighted by Gasteiger charge is -2.33. The van der Waals surface area contributed by atoms with E-state index in [4.69, 9.17) is 5.73 Å². The van der Waals surface area contributed by atoms with Gasteiger partial charge in [0.2, 0.25) is 17.7 Å². The zero-order chi connectivity index (χ0) is 32.1. The SMILES string of the molecule is CC(=O)N[C@H](C(=O)NCC(=O)C[C@]1(CC(C)C)N=CC([C@]2(Cc3ccccc3)N=CC(CC(N)=O)C2=O)C1=O)C1CCCC1. The predicted molar refractivity (Wildman–Crippen MR) is 165 cm³/mol. The molecule has 3 amide bonds. The average Bonchev–Trinajstić information content (AvgIpc) is 3.67. The van der Waals surface area contributed by atoms with Gasteiger partial charge in [-0.1, -0.05) is 57.0 Å². The van der Waals surface area contributed by atoms with Crippen LogP contribution in [0.5, 0.6) is 0 Å². The molecule has 0 radical (unpaired) electrons. The lowest BCUT2D eigenvalue weighted by atomic mass is 9.69. The second-order valence-corrected chi connectivity index (χ2v) is 12.9. The number of hydrogen-bond acceptors (Lipinski definition) is 8. The quantitative estimate of drug-likeness (QED) is 0.292. The number of Topliss-reactive ketones (excluding diaryl/α,β-unsaturated/α-hetero) is 3. The maximum absolute atomic E-state index is 14.4. The van der Waals surface area contributed by atoms with Gasteiger partial charge in [0.25, 0.3) is 0 Å². The van der Waals surface area contributed by atoms with Gasteiger partial charge in [0.1, 0.15) is 17.1 Å². The predicted octanol–water partition coefficient (Wildman–Crippen LogP) is 1.94. The van der Waals surface area contributed by atoms with Crippen molar-refractivity contribution in [2.24, 2.45) is 39.4 Å². The van der Waals surface area contributed by atoms with Crippen molar-refractivity contribution in [3.05, 3.63) is 35.9 Å². The van der Waals surface area contributed by atoms with E-state index in [1.165, 1.54) is 19.4 Å². The first-order chi connectivity index (χ1) is 20.9. The fourth-order valence-electron chi connectivity index (χ4n) is 7.02. The molecule has 0 spiro atoms. The fourth-order valence-corrected chi connectivity index (χ4v) is 7.02. The van der Waals surface area contributed by atoms with Gasteiger partial charge < -0.3 is 16.4 Å². The van der Waals surface area contributed by atoms with Crippen LogP contribution in [0.1, 0.15) is 71.3 Å². The van der Waals surface area contributed by atoms with Crippen molar-refractivity contribution in [2.45, 2.75) is 89.3 Å². The number of hydrogen-bond donors (Lipinski definition) is 3. The van der Waals surface area contributed by atoms with E-state index in [1.807, 2.05) is 44.2 Å². The van der Waals surface area contributed by atoms with Crippen molar-refractivity contribution in [1.29, 1.82) is 0 Å². The normalized spacial score (nSPS) is 27.2. The molecule has 1 fully saturated rings. The van der Waals surface area contributed by atoms with Gasteiger partial charge in [-0.2, -0.15) is 0 Å². The molecule has 44 heavy (non-hydrogen) atoms. The number of nitrogens with two attached hydrogens (primary N) is 1. The first-order valence-electron chi connectivity index (χ1n) is 15.4. The summed E-state index contributed by atoms with van der Waals surface area (Å²) in [5.41, 5.74) is 3.24. The van der Waals surface area contributed by atoms with Crippen molar-refractivity contribution in [2.75, 3.05) is 6.54 Å². The summed E-state index contributed by atoms with van der Waals surface area (Å²) in [6.45, 7) is 4.88. The molecule has 2 heterocycles. The molecule has 1 aromatic rings. The highest BCUT2D eigenvalue weighted by Gasteiger charge is 2.59. The van der Waals surface area contributed by atoms with Crippen LogP contribution in [-0.4, -0.2) is 71.2 Å². The summed E-state index contributed by atoms with van der Waals surface area (Å²) < 4.78 is 0. The number of rotatable bonds is 14. The Morgan fingerprint density at radius 3 is 2.30 bits per heavy atom. The van der Waals surface area contributed by atoms with Gasteiger partial charge in [-0.15, -0.1) is 0 Å². The number of aliphatic imine (C=N–C) groups is 2. The van der Waals surface area contributed by atoms with Crippen molar-refractivity contribution in [3.63, 3.8) is 0 Å². The van der Waals surface area contributed by atoms with E-state index in [0.717, 1.165) is 31.2 Å². The summed E-state index contributed by atoms with van der Waals surface area (Å²) >= 11 is 0. The molecule has 0 saturated heterocycles. The molecular formula is C33H43N5O6. The lowest BCUT2D eigenvalue weighted by molar-refractivity contribution is -0.136. The molecule has 1 aliphatic carbocycles. The molecule has 5 atom stereocenters. The number of carbonyl (C=O) groups excluding carboxylic acids is 6. The summed E-state index contributed by atoms with van der Waals surface area (Å²) in [5, 5.41) is 5.40. The Morgan fingerprint density at radius 1 is 1.00 bits per heavy atom. The molecule has 11 nitrogen and oxygen atoms in total. The summed E-state index contributed by atoms with van der Waals surface area (Å²) in [6, 6.07) is 8.47. The number of primary amides is 1. The molecule has 4 rings (SSSR count). The van der Waals surface area contributed by atoms with Crippen molar-refractivity contribution in [1.82, 2.24) is 10.6 Å². The summed E-state index contributed by atoms with van der Waals surface area (Å²) in [5.74, 6) is -4.44. The number of ketones is 3. The van der Waals surface area contributed by atoms with Crippen LogP contribution in [0.15, 0.2) is 40.3 Å². The molecule has 3 aliphatic rings. The third-order valence-electron chi connectivity index (χ3n) is 8.92. The second-order valence-electron chi connectivity index (χ2n) is 12.9. The fraction of sp³-hybridized carbons (Fsp3) is 0.576. The van der Waals surface area contributed by atoms with E-state index in [2.05, 4.69) is 20.6 Å². The van der Waals surface area contributed by atoms with Gasteiger partial charge in [0.15, 0.2) is 17.3 Å². The zero-order valence-corrected chi connectivity index (χ0v) is 25.7. The van der Waals surface area contributed by atoms with E-state index in [-0.39, 0.29) is 67.3 Å². The van der Waals surface area contributed by atoms with Gasteiger partial charge in [0, 0.05) is 38.6 Å². The minimum Gasteiger partial charge on any atom is -0.370 e. The monoisotopic (exact) mass is 605 g/mol. The van der Waals surface area contributed by atoms with Crippen LogP contribution >= 0.6 is 0 Å². The topological polar surface area (TPSA) is 177 Å². The summed E-state index contributed by atoms with van der Waals surface area (Å²) in [6.07, 6.45) is 6.38. The third-order valence-corrected chi connectivity index (χ3v) is 8.92. The van der Waals surface area contributed by atoms with Crippen LogP contribution in [0.25, 0.3) is 0 Å². The van der Waals surface area contributed by atoms with Gasteiger partial charge in [-0.3, -0.25) is 38.8 Å².